The molecule has 0 aliphatic carbocycles. The molecule has 0 spiro atoms. The van der Waals surface area contributed by atoms with Crippen molar-refractivity contribution in [3.05, 3.63) is 24.0 Å². The average molecular weight is 323 g/mol. The predicted molar refractivity (Wildman–Crippen MR) is 78.1 cm³/mol. The number of rotatable bonds is 7. The van der Waals surface area contributed by atoms with Gasteiger partial charge < -0.3 is 5.32 Å². The van der Waals surface area contributed by atoms with Crippen molar-refractivity contribution in [1.29, 1.82) is 0 Å². The van der Waals surface area contributed by atoms with Crippen molar-refractivity contribution in [1.82, 2.24) is 0 Å². The lowest BCUT2D eigenvalue weighted by atomic mass is 10.2. The molecule has 0 unspecified atom stereocenters. The third-order valence-electron chi connectivity index (χ3n) is 2.33. The molecule has 0 heterocycles. The molecular formula is C12H16ClFN2O3S. The number of nitrogens with one attached hydrogen (secondary N) is 2. The lowest BCUT2D eigenvalue weighted by Gasteiger charge is -2.09. The molecule has 8 heteroatoms. The summed E-state index contributed by atoms with van der Waals surface area (Å²) in [6.07, 6.45) is 2.62. The van der Waals surface area contributed by atoms with E-state index < -0.39 is 15.8 Å². The van der Waals surface area contributed by atoms with E-state index in [1.165, 1.54) is 12.1 Å². The standard InChI is InChI=1S/C12H16ClFN2O3S/c1-20(18,19)16-11-8-9(5-6-10(11)14)15-12(17)4-2-3-7-13/h5-6,8,16H,2-4,7H2,1H3,(H,15,17). The second-order valence-corrected chi connectivity index (χ2v) is 6.39. The first kappa shape index (κ1) is 16.7. The van der Waals surface area contributed by atoms with Gasteiger partial charge in [0.2, 0.25) is 15.9 Å². The van der Waals surface area contributed by atoms with Crippen LogP contribution in [0, 0.1) is 5.82 Å². The van der Waals surface area contributed by atoms with Crippen molar-refractivity contribution in [3.8, 4) is 0 Å². The van der Waals surface area contributed by atoms with Crippen LogP contribution in [0.15, 0.2) is 18.2 Å². The van der Waals surface area contributed by atoms with E-state index in [9.17, 15) is 17.6 Å². The molecule has 1 rings (SSSR count). The second-order valence-electron chi connectivity index (χ2n) is 4.26. The van der Waals surface area contributed by atoms with Crippen LogP contribution < -0.4 is 10.0 Å². The molecule has 0 aliphatic heterocycles. The number of carbonyl (C=O) groups excluding carboxylic acids is 1. The number of benzene rings is 1. The van der Waals surface area contributed by atoms with Gasteiger partial charge in [0.25, 0.3) is 0 Å². The van der Waals surface area contributed by atoms with Gasteiger partial charge >= 0.3 is 0 Å². The Kier molecular flexibility index (Phi) is 6.22. The topological polar surface area (TPSA) is 75.3 Å². The zero-order valence-electron chi connectivity index (χ0n) is 10.9. The van der Waals surface area contributed by atoms with Crippen LogP contribution >= 0.6 is 11.6 Å². The number of hydrogen-bond acceptors (Lipinski definition) is 3. The highest BCUT2D eigenvalue weighted by atomic mass is 35.5. The molecule has 0 saturated heterocycles. The Morgan fingerprint density at radius 1 is 1.35 bits per heavy atom. The zero-order valence-corrected chi connectivity index (χ0v) is 12.5. The summed E-state index contributed by atoms with van der Waals surface area (Å²) >= 11 is 5.51. The van der Waals surface area contributed by atoms with Crippen molar-refractivity contribution in [2.75, 3.05) is 22.2 Å². The van der Waals surface area contributed by atoms with E-state index in [-0.39, 0.29) is 11.6 Å². The minimum Gasteiger partial charge on any atom is -0.326 e. The van der Waals surface area contributed by atoms with E-state index in [2.05, 4.69) is 5.32 Å². The summed E-state index contributed by atoms with van der Waals surface area (Å²) in [6.45, 7) is 0. The summed E-state index contributed by atoms with van der Waals surface area (Å²) in [5, 5.41) is 2.57. The Balaban J connectivity index is 2.72. The van der Waals surface area contributed by atoms with Gasteiger partial charge in [-0.05, 0) is 31.0 Å². The van der Waals surface area contributed by atoms with E-state index in [1.807, 2.05) is 4.72 Å². The first-order valence-corrected chi connectivity index (χ1v) is 8.37. The van der Waals surface area contributed by atoms with Gasteiger partial charge in [0.1, 0.15) is 5.82 Å². The number of hydrogen-bond donors (Lipinski definition) is 2. The average Bonchev–Trinajstić information content (AvgIpc) is 2.32. The minimum absolute atomic E-state index is 0.203. The lowest BCUT2D eigenvalue weighted by molar-refractivity contribution is -0.116. The largest absolute Gasteiger partial charge is 0.326 e. The van der Waals surface area contributed by atoms with Gasteiger partial charge in [-0.2, -0.15) is 0 Å². The molecule has 0 radical (unpaired) electrons. The van der Waals surface area contributed by atoms with Crippen LogP contribution in [0.3, 0.4) is 0 Å². The van der Waals surface area contributed by atoms with Crippen LogP contribution in [0.25, 0.3) is 0 Å². The molecule has 112 valence electrons. The fourth-order valence-electron chi connectivity index (χ4n) is 1.48. The fraction of sp³-hybridized carbons (Fsp3) is 0.417. The monoisotopic (exact) mass is 322 g/mol. The van der Waals surface area contributed by atoms with Crippen LogP contribution in [0.4, 0.5) is 15.8 Å². The Morgan fingerprint density at radius 3 is 2.65 bits per heavy atom. The molecule has 0 aliphatic rings. The summed E-state index contributed by atoms with van der Waals surface area (Å²) < 4.78 is 37.6. The number of unbranched alkanes of at least 4 members (excludes halogenated alkanes) is 1. The number of halogens is 2. The fourth-order valence-corrected chi connectivity index (χ4v) is 2.23. The van der Waals surface area contributed by atoms with E-state index in [0.29, 0.717) is 24.4 Å². The van der Waals surface area contributed by atoms with Gasteiger partial charge in [-0.3, -0.25) is 9.52 Å². The first-order chi connectivity index (χ1) is 9.31. The molecule has 0 atom stereocenters. The van der Waals surface area contributed by atoms with Crippen molar-refractivity contribution in [3.63, 3.8) is 0 Å². The second kappa shape index (κ2) is 7.44. The summed E-state index contributed by atoms with van der Waals surface area (Å²) in [6, 6.07) is 3.68. The van der Waals surface area contributed by atoms with Crippen molar-refractivity contribution in [2.24, 2.45) is 0 Å². The molecule has 2 N–H and O–H groups in total. The zero-order chi connectivity index (χ0) is 15.2. The maximum absolute atomic E-state index is 13.4. The third kappa shape index (κ3) is 6.21. The predicted octanol–water partition coefficient (Wildman–Crippen LogP) is 2.54. The molecule has 5 nitrogen and oxygen atoms in total. The molecule has 0 fully saturated rings. The number of anilines is 2. The highest BCUT2D eigenvalue weighted by Gasteiger charge is 2.10. The SMILES string of the molecule is CS(=O)(=O)Nc1cc(NC(=O)CCCCCl)ccc1F. The smallest absolute Gasteiger partial charge is 0.229 e. The van der Waals surface area contributed by atoms with Gasteiger partial charge in [-0.15, -0.1) is 11.6 Å². The van der Waals surface area contributed by atoms with Crippen molar-refractivity contribution < 1.29 is 17.6 Å². The highest BCUT2D eigenvalue weighted by molar-refractivity contribution is 7.92. The summed E-state index contributed by atoms with van der Waals surface area (Å²) in [7, 11) is -3.58. The lowest BCUT2D eigenvalue weighted by Crippen LogP contribution is -2.13. The highest BCUT2D eigenvalue weighted by Crippen LogP contribution is 2.20. The molecule has 0 saturated carbocycles. The van der Waals surface area contributed by atoms with Crippen molar-refractivity contribution in [2.45, 2.75) is 19.3 Å². The van der Waals surface area contributed by atoms with Crippen molar-refractivity contribution >= 4 is 38.9 Å². The number of sulfonamides is 1. The Labute approximate surface area is 122 Å². The summed E-state index contributed by atoms with van der Waals surface area (Å²) in [5.41, 5.74) is 0.125. The van der Waals surface area contributed by atoms with Crippen LogP contribution in [0.1, 0.15) is 19.3 Å². The molecule has 0 bridgehead atoms. The first-order valence-electron chi connectivity index (χ1n) is 5.95. The minimum atomic E-state index is -3.58. The molecule has 1 amide bonds. The maximum Gasteiger partial charge on any atom is 0.229 e. The van der Waals surface area contributed by atoms with Gasteiger partial charge in [-0.1, -0.05) is 0 Å². The van der Waals surface area contributed by atoms with E-state index in [0.717, 1.165) is 18.7 Å². The van der Waals surface area contributed by atoms with Crippen LogP contribution in [-0.4, -0.2) is 26.5 Å². The van der Waals surface area contributed by atoms with Crippen LogP contribution in [0.2, 0.25) is 0 Å². The van der Waals surface area contributed by atoms with Gasteiger partial charge in [0.05, 0.1) is 11.9 Å². The number of carbonyl (C=O) groups is 1. The van der Waals surface area contributed by atoms with Crippen LogP contribution in [0.5, 0.6) is 0 Å². The summed E-state index contributed by atoms with van der Waals surface area (Å²) in [4.78, 5) is 11.6. The Bertz CT molecular complexity index is 578. The van der Waals surface area contributed by atoms with Crippen LogP contribution in [-0.2, 0) is 14.8 Å². The molecule has 1 aromatic carbocycles. The van der Waals surface area contributed by atoms with E-state index in [1.54, 1.807) is 0 Å². The van der Waals surface area contributed by atoms with Gasteiger partial charge in [-0.25, -0.2) is 12.8 Å². The number of amides is 1. The molecule has 20 heavy (non-hydrogen) atoms. The number of alkyl halides is 1. The molecule has 0 aromatic heterocycles. The third-order valence-corrected chi connectivity index (χ3v) is 3.19. The van der Waals surface area contributed by atoms with E-state index in [4.69, 9.17) is 11.6 Å². The summed E-state index contributed by atoms with van der Waals surface area (Å²) in [5.74, 6) is -0.450. The quantitative estimate of drug-likeness (QED) is 0.598. The van der Waals surface area contributed by atoms with Gasteiger partial charge in [0.15, 0.2) is 0 Å². The Hall–Kier alpha value is -1.34. The Morgan fingerprint density at radius 2 is 2.05 bits per heavy atom. The normalized spacial score (nSPS) is 11.2. The van der Waals surface area contributed by atoms with Gasteiger partial charge in [0, 0.05) is 18.0 Å². The molecule has 1 aromatic rings. The molecular weight excluding hydrogens is 307 g/mol. The van der Waals surface area contributed by atoms with E-state index >= 15 is 0 Å². The maximum atomic E-state index is 13.4.